The molecule has 1 N–H and O–H groups in total. The lowest BCUT2D eigenvalue weighted by molar-refractivity contribution is -0.117. The molecule has 3 aromatic rings. The average molecular weight is 406 g/mol. The van der Waals surface area contributed by atoms with Gasteiger partial charge in [0.1, 0.15) is 11.8 Å². The Balaban J connectivity index is 1.81. The number of aliphatic hydroxyl groups is 1. The Morgan fingerprint density at radius 1 is 1.17 bits per heavy atom. The van der Waals surface area contributed by atoms with E-state index >= 15 is 0 Å². The Labute approximate surface area is 171 Å². The van der Waals surface area contributed by atoms with Crippen molar-refractivity contribution in [1.82, 2.24) is 4.98 Å². The van der Waals surface area contributed by atoms with Gasteiger partial charge in [0.2, 0.25) is 5.78 Å². The molecule has 1 aromatic carbocycles. The zero-order valence-electron chi connectivity index (χ0n) is 15.6. The number of aliphatic hydroxyl groups excluding tert-OH is 1. The molecular formula is C22H18N2O4S. The highest BCUT2D eigenvalue weighted by molar-refractivity contribution is 7.12. The van der Waals surface area contributed by atoms with Crippen LogP contribution in [0.2, 0.25) is 0 Å². The Bertz CT molecular complexity index is 1060. The first-order valence-electron chi connectivity index (χ1n) is 9.10. The van der Waals surface area contributed by atoms with Crippen molar-refractivity contribution in [3.8, 4) is 5.75 Å². The van der Waals surface area contributed by atoms with Crippen LogP contribution in [0.5, 0.6) is 5.75 Å². The predicted molar refractivity (Wildman–Crippen MR) is 110 cm³/mol. The number of Topliss-reactive ketones (excluding diaryl/α,β-unsaturated/α-hetero) is 1. The molecule has 1 aliphatic heterocycles. The number of aromatic nitrogens is 1. The lowest BCUT2D eigenvalue weighted by atomic mass is 9.98. The van der Waals surface area contributed by atoms with E-state index in [2.05, 4.69) is 4.98 Å². The molecule has 0 saturated carbocycles. The monoisotopic (exact) mass is 406 g/mol. The van der Waals surface area contributed by atoms with E-state index in [1.807, 2.05) is 6.92 Å². The molecule has 146 valence electrons. The number of rotatable bonds is 6. The Hall–Kier alpha value is -3.45. The molecule has 0 fully saturated rings. The maximum atomic E-state index is 13.1. The van der Waals surface area contributed by atoms with Crippen LogP contribution in [-0.4, -0.2) is 28.4 Å². The third kappa shape index (κ3) is 3.40. The highest BCUT2D eigenvalue weighted by Gasteiger charge is 2.45. The highest BCUT2D eigenvalue weighted by Crippen LogP contribution is 2.41. The van der Waals surface area contributed by atoms with Crippen LogP contribution >= 0.6 is 11.3 Å². The van der Waals surface area contributed by atoms with E-state index in [9.17, 15) is 14.7 Å². The van der Waals surface area contributed by atoms with Gasteiger partial charge in [0, 0.05) is 11.9 Å². The van der Waals surface area contributed by atoms with E-state index in [-0.39, 0.29) is 11.4 Å². The molecule has 0 spiro atoms. The number of carbonyl (C=O) groups is 2. The van der Waals surface area contributed by atoms with Crippen LogP contribution in [0.4, 0.5) is 5.69 Å². The summed E-state index contributed by atoms with van der Waals surface area (Å²) in [7, 11) is 0. The summed E-state index contributed by atoms with van der Waals surface area (Å²) < 4.78 is 5.46. The SMILES string of the molecule is CCOc1ccc(N2C(=O)C(O)=C(C(=O)c3cccs3)C2c2ccccn2)cc1. The molecule has 1 amide bonds. The van der Waals surface area contributed by atoms with Crippen molar-refractivity contribution in [3.05, 3.63) is 88.1 Å². The maximum absolute atomic E-state index is 13.1. The summed E-state index contributed by atoms with van der Waals surface area (Å²) in [6.07, 6.45) is 1.60. The van der Waals surface area contributed by atoms with Crippen LogP contribution in [-0.2, 0) is 4.79 Å². The Kier molecular flexibility index (Phi) is 5.14. The number of ketones is 1. The number of hydrogen-bond donors (Lipinski definition) is 1. The van der Waals surface area contributed by atoms with Crippen LogP contribution in [0, 0.1) is 0 Å². The molecule has 3 heterocycles. The largest absolute Gasteiger partial charge is 0.503 e. The predicted octanol–water partition coefficient (Wildman–Crippen LogP) is 4.32. The number of pyridine rings is 1. The number of hydrogen-bond acceptors (Lipinski definition) is 6. The fourth-order valence-corrected chi connectivity index (χ4v) is 4.01. The molecular weight excluding hydrogens is 388 g/mol. The average Bonchev–Trinajstić information content (AvgIpc) is 3.37. The first-order valence-corrected chi connectivity index (χ1v) is 9.98. The molecule has 1 unspecified atom stereocenters. The lowest BCUT2D eigenvalue weighted by Gasteiger charge is -2.26. The van der Waals surface area contributed by atoms with Crippen molar-refractivity contribution in [2.24, 2.45) is 0 Å². The summed E-state index contributed by atoms with van der Waals surface area (Å²) >= 11 is 1.26. The normalized spacial score (nSPS) is 16.4. The summed E-state index contributed by atoms with van der Waals surface area (Å²) in [5.41, 5.74) is 1.07. The van der Waals surface area contributed by atoms with Crippen LogP contribution in [0.25, 0.3) is 0 Å². The van der Waals surface area contributed by atoms with Crippen LogP contribution < -0.4 is 9.64 Å². The van der Waals surface area contributed by atoms with E-state index in [0.29, 0.717) is 28.6 Å². The minimum absolute atomic E-state index is 0.0324. The molecule has 7 heteroatoms. The number of amides is 1. The van der Waals surface area contributed by atoms with Gasteiger partial charge in [-0.05, 0) is 54.8 Å². The van der Waals surface area contributed by atoms with Crippen molar-refractivity contribution in [3.63, 3.8) is 0 Å². The van der Waals surface area contributed by atoms with Crippen molar-refractivity contribution in [2.75, 3.05) is 11.5 Å². The number of nitrogens with zero attached hydrogens (tertiary/aromatic N) is 2. The van der Waals surface area contributed by atoms with E-state index in [4.69, 9.17) is 4.74 Å². The van der Waals surface area contributed by atoms with Gasteiger partial charge in [-0.15, -0.1) is 11.3 Å². The summed E-state index contributed by atoms with van der Waals surface area (Å²) in [6.45, 7) is 2.42. The minimum Gasteiger partial charge on any atom is -0.503 e. The number of benzene rings is 1. The van der Waals surface area contributed by atoms with E-state index in [1.165, 1.54) is 16.2 Å². The van der Waals surface area contributed by atoms with Gasteiger partial charge in [-0.1, -0.05) is 12.1 Å². The summed E-state index contributed by atoms with van der Waals surface area (Å²) in [6, 6.07) is 14.8. The summed E-state index contributed by atoms with van der Waals surface area (Å²) in [5, 5.41) is 12.4. The van der Waals surface area contributed by atoms with E-state index < -0.39 is 17.7 Å². The molecule has 0 aliphatic carbocycles. The van der Waals surface area contributed by atoms with Gasteiger partial charge in [-0.2, -0.15) is 0 Å². The van der Waals surface area contributed by atoms with Crippen LogP contribution in [0.3, 0.4) is 0 Å². The molecule has 1 aliphatic rings. The molecule has 6 nitrogen and oxygen atoms in total. The smallest absolute Gasteiger partial charge is 0.294 e. The molecule has 0 saturated heterocycles. The number of ether oxygens (including phenoxy) is 1. The standard InChI is InChI=1S/C22H18N2O4S/c1-2-28-15-10-8-14(9-11-15)24-19(16-6-3-4-12-23-16)18(21(26)22(24)27)20(25)17-7-5-13-29-17/h3-13,19,26H,2H2,1H3. The van der Waals surface area contributed by atoms with Gasteiger partial charge >= 0.3 is 0 Å². The molecule has 0 bridgehead atoms. The van der Waals surface area contributed by atoms with Crippen molar-refractivity contribution in [2.45, 2.75) is 13.0 Å². The number of thiophene rings is 1. The second-order valence-corrected chi connectivity index (χ2v) is 7.28. The Morgan fingerprint density at radius 2 is 1.97 bits per heavy atom. The van der Waals surface area contributed by atoms with Gasteiger partial charge in [-0.3, -0.25) is 19.5 Å². The van der Waals surface area contributed by atoms with Gasteiger partial charge < -0.3 is 9.84 Å². The lowest BCUT2D eigenvalue weighted by Crippen LogP contribution is -2.31. The fraction of sp³-hybridized carbons (Fsp3) is 0.136. The van der Waals surface area contributed by atoms with Crippen LogP contribution in [0.1, 0.15) is 28.3 Å². The maximum Gasteiger partial charge on any atom is 0.294 e. The van der Waals surface area contributed by atoms with Crippen molar-refractivity contribution < 1.29 is 19.4 Å². The Morgan fingerprint density at radius 3 is 2.59 bits per heavy atom. The van der Waals surface area contributed by atoms with Crippen LogP contribution in [0.15, 0.2) is 77.5 Å². The number of carbonyl (C=O) groups excluding carboxylic acids is 2. The number of anilines is 1. The second kappa shape index (κ2) is 7.89. The summed E-state index contributed by atoms with van der Waals surface area (Å²) in [4.78, 5) is 32.3. The first-order chi connectivity index (χ1) is 14.1. The molecule has 1 atom stereocenters. The van der Waals surface area contributed by atoms with E-state index in [0.717, 1.165) is 0 Å². The summed E-state index contributed by atoms with van der Waals surface area (Å²) in [5.74, 6) is -0.892. The zero-order chi connectivity index (χ0) is 20.4. The third-order valence-electron chi connectivity index (χ3n) is 4.59. The fourth-order valence-electron chi connectivity index (χ4n) is 3.33. The third-order valence-corrected chi connectivity index (χ3v) is 5.46. The van der Waals surface area contributed by atoms with Crippen molar-refractivity contribution >= 4 is 28.7 Å². The zero-order valence-corrected chi connectivity index (χ0v) is 16.4. The second-order valence-electron chi connectivity index (χ2n) is 6.33. The first kappa shape index (κ1) is 18.9. The molecule has 29 heavy (non-hydrogen) atoms. The molecule has 2 aromatic heterocycles. The topological polar surface area (TPSA) is 79.7 Å². The van der Waals surface area contributed by atoms with Gasteiger partial charge in [0.15, 0.2) is 5.76 Å². The van der Waals surface area contributed by atoms with Crippen molar-refractivity contribution in [1.29, 1.82) is 0 Å². The molecule has 0 radical (unpaired) electrons. The van der Waals surface area contributed by atoms with Gasteiger partial charge in [0.25, 0.3) is 5.91 Å². The van der Waals surface area contributed by atoms with Gasteiger partial charge in [0.05, 0.1) is 22.8 Å². The van der Waals surface area contributed by atoms with Gasteiger partial charge in [-0.25, -0.2) is 0 Å². The van der Waals surface area contributed by atoms with E-state index in [1.54, 1.807) is 66.2 Å². The minimum atomic E-state index is -0.823. The quantitative estimate of drug-likeness (QED) is 0.617. The molecule has 4 rings (SSSR count). The highest BCUT2D eigenvalue weighted by atomic mass is 32.1.